The number of non-ortho nitro benzene ring substituents is 1. The zero-order valence-corrected chi connectivity index (χ0v) is 14.4. The van der Waals surface area contributed by atoms with Crippen LogP contribution in [0.25, 0.3) is 10.8 Å². The third kappa shape index (κ3) is 4.12. The van der Waals surface area contributed by atoms with E-state index < -0.39 is 16.5 Å². The maximum Gasteiger partial charge on any atom is 0.344 e. The molecule has 0 fully saturated rings. The summed E-state index contributed by atoms with van der Waals surface area (Å²) in [6.45, 7) is 0.322. The zero-order chi connectivity index (χ0) is 19.4. The molecule has 0 bridgehead atoms. The molecule has 1 aromatic heterocycles. The summed E-state index contributed by atoms with van der Waals surface area (Å²) in [7, 11) is 1.58. The topological polar surface area (TPSA) is 112 Å². The first-order valence-corrected chi connectivity index (χ1v) is 8.11. The SMILES string of the molecule is COc1cccc(CCNC(=O)c2cc3cc([N+](=O)[O-])ccc3c(=O)o2)c1. The number of fused-ring (bicyclic) bond motifs is 1. The third-order valence-corrected chi connectivity index (χ3v) is 4.01. The lowest BCUT2D eigenvalue weighted by atomic mass is 10.1. The van der Waals surface area contributed by atoms with Crippen molar-refractivity contribution >= 4 is 22.4 Å². The first-order valence-electron chi connectivity index (χ1n) is 8.11. The van der Waals surface area contributed by atoms with Gasteiger partial charge in [0.1, 0.15) is 5.75 Å². The number of hydrogen-bond acceptors (Lipinski definition) is 6. The Labute approximate surface area is 153 Å². The molecule has 1 heterocycles. The van der Waals surface area contributed by atoms with Crippen LogP contribution in [0.4, 0.5) is 5.69 Å². The van der Waals surface area contributed by atoms with Gasteiger partial charge in [0, 0.05) is 18.7 Å². The van der Waals surface area contributed by atoms with E-state index in [1.54, 1.807) is 7.11 Å². The number of carbonyl (C=O) groups is 1. The largest absolute Gasteiger partial charge is 0.497 e. The van der Waals surface area contributed by atoms with Gasteiger partial charge < -0.3 is 14.5 Å². The minimum absolute atomic E-state index is 0.169. The van der Waals surface area contributed by atoms with Crippen LogP contribution in [0.3, 0.4) is 0 Å². The Morgan fingerprint density at radius 1 is 1.22 bits per heavy atom. The van der Waals surface area contributed by atoms with Gasteiger partial charge in [-0.05, 0) is 41.6 Å². The molecule has 138 valence electrons. The second-order valence-corrected chi connectivity index (χ2v) is 5.78. The van der Waals surface area contributed by atoms with Gasteiger partial charge >= 0.3 is 5.63 Å². The van der Waals surface area contributed by atoms with Crippen LogP contribution in [0, 0.1) is 10.1 Å². The molecule has 0 aliphatic heterocycles. The van der Waals surface area contributed by atoms with Crippen molar-refractivity contribution in [2.24, 2.45) is 0 Å². The monoisotopic (exact) mass is 368 g/mol. The molecular formula is C19H16N2O6. The highest BCUT2D eigenvalue weighted by atomic mass is 16.6. The Hall–Kier alpha value is -3.68. The molecule has 0 radical (unpaired) electrons. The van der Waals surface area contributed by atoms with Crippen molar-refractivity contribution in [1.29, 1.82) is 0 Å². The average Bonchev–Trinajstić information content (AvgIpc) is 2.67. The van der Waals surface area contributed by atoms with Crippen molar-refractivity contribution in [2.45, 2.75) is 6.42 Å². The number of nitro benzene ring substituents is 1. The summed E-state index contributed by atoms with van der Waals surface area (Å²) in [5.74, 6) is -0.0389. The van der Waals surface area contributed by atoms with Gasteiger partial charge in [-0.15, -0.1) is 0 Å². The number of methoxy groups -OCH3 is 1. The van der Waals surface area contributed by atoms with E-state index in [-0.39, 0.29) is 22.2 Å². The van der Waals surface area contributed by atoms with E-state index in [9.17, 15) is 19.7 Å². The number of amides is 1. The molecular weight excluding hydrogens is 352 g/mol. The summed E-state index contributed by atoms with van der Waals surface area (Å²) in [5.41, 5.74) is 0.0862. The van der Waals surface area contributed by atoms with Gasteiger partial charge in [-0.2, -0.15) is 0 Å². The first kappa shape index (κ1) is 18.1. The van der Waals surface area contributed by atoms with Crippen LogP contribution < -0.4 is 15.7 Å². The lowest BCUT2D eigenvalue weighted by Crippen LogP contribution is -2.26. The summed E-state index contributed by atoms with van der Waals surface area (Å²) in [5, 5.41) is 14.0. The summed E-state index contributed by atoms with van der Waals surface area (Å²) < 4.78 is 10.2. The molecule has 1 amide bonds. The average molecular weight is 368 g/mol. The summed E-state index contributed by atoms with van der Waals surface area (Å²) in [4.78, 5) is 34.6. The molecule has 1 N–H and O–H groups in total. The number of hydrogen-bond donors (Lipinski definition) is 1. The Morgan fingerprint density at radius 2 is 2.04 bits per heavy atom. The Kier molecular flexibility index (Phi) is 5.16. The molecule has 0 saturated carbocycles. The summed E-state index contributed by atoms with van der Waals surface area (Å²) >= 11 is 0. The second-order valence-electron chi connectivity index (χ2n) is 5.78. The number of nitro groups is 1. The molecule has 0 aliphatic carbocycles. The molecule has 3 aromatic rings. The Bertz CT molecular complexity index is 1070. The van der Waals surface area contributed by atoms with Gasteiger partial charge in [0.15, 0.2) is 5.76 Å². The van der Waals surface area contributed by atoms with E-state index in [1.807, 2.05) is 24.3 Å². The predicted octanol–water partition coefficient (Wildman–Crippen LogP) is 2.68. The van der Waals surface area contributed by atoms with E-state index in [4.69, 9.17) is 9.15 Å². The van der Waals surface area contributed by atoms with Crippen molar-refractivity contribution in [1.82, 2.24) is 5.32 Å². The lowest BCUT2D eigenvalue weighted by Gasteiger charge is -2.07. The molecule has 2 aromatic carbocycles. The molecule has 27 heavy (non-hydrogen) atoms. The van der Waals surface area contributed by atoms with Gasteiger partial charge in [-0.3, -0.25) is 14.9 Å². The number of ether oxygens (including phenoxy) is 1. The van der Waals surface area contributed by atoms with Crippen LogP contribution in [0.1, 0.15) is 16.1 Å². The van der Waals surface area contributed by atoms with Crippen LogP contribution in [-0.2, 0) is 6.42 Å². The Morgan fingerprint density at radius 3 is 2.78 bits per heavy atom. The molecule has 8 heteroatoms. The molecule has 0 spiro atoms. The summed E-state index contributed by atoms with van der Waals surface area (Å²) in [6, 6.07) is 12.5. The molecule has 0 aliphatic rings. The highest BCUT2D eigenvalue weighted by Gasteiger charge is 2.14. The van der Waals surface area contributed by atoms with Crippen molar-refractivity contribution in [3.63, 3.8) is 0 Å². The van der Waals surface area contributed by atoms with Crippen LogP contribution in [-0.4, -0.2) is 24.5 Å². The number of rotatable bonds is 6. The smallest absolute Gasteiger partial charge is 0.344 e. The minimum Gasteiger partial charge on any atom is -0.497 e. The van der Waals surface area contributed by atoms with Crippen LogP contribution in [0.5, 0.6) is 5.75 Å². The Balaban J connectivity index is 1.74. The number of benzene rings is 2. The van der Waals surface area contributed by atoms with Gasteiger partial charge in [-0.25, -0.2) is 4.79 Å². The number of carbonyl (C=O) groups excluding carboxylic acids is 1. The fourth-order valence-corrected chi connectivity index (χ4v) is 2.64. The fraction of sp³-hybridized carbons (Fsp3) is 0.158. The number of nitrogens with one attached hydrogen (secondary N) is 1. The maximum atomic E-state index is 12.3. The van der Waals surface area contributed by atoms with E-state index in [0.29, 0.717) is 13.0 Å². The lowest BCUT2D eigenvalue weighted by molar-refractivity contribution is -0.384. The van der Waals surface area contributed by atoms with Crippen LogP contribution in [0.2, 0.25) is 0 Å². The van der Waals surface area contributed by atoms with E-state index in [1.165, 1.54) is 24.3 Å². The third-order valence-electron chi connectivity index (χ3n) is 4.01. The van der Waals surface area contributed by atoms with E-state index in [0.717, 1.165) is 11.3 Å². The van der Waals surface area contributed by atoms with Gasteiger partial charge in [-0.1, -0.05) is 12.1 Å². The van der Waals surface area contributed by atoms with Crippen molar-refractivity contribution in [2.75, 3.05) is 13.7 Å². The molecule has 0 unspecified atom stereocenters. The molecule has 0 saturated heterocycles. The first-order chi connectivity index (χ1) is 13.0. The standard InChI is InChI=1S/C19H16N2O6/c1-26-15-4-2-3-12(9-15)7-8-20-18(22)17-11-13-10-14(21(24)25)5-6-16(13)19(23)27-17/h2-6,9-11H,7-8H2,1H3,(H,20,22). The minimum atomic E-state index is -0.722. The van der Waals surface area contributed by atoms with Gasteiger partial charge in [0.05, 0.1) is 17.4 Å². The predicted molar refractivity (Wildman–Crippen MR) is 98.2 cm³/mol. The highest BCUT2D eigenvalue weighted by Crippen LogP contribution is 2.19. The molecule has 8 nitrogen and oxygen atoms in total. The summed E-state index contributed by atoms with van der Waals surface area (Å²) in [6.07, 6.45) is 0.562. The van der Waals surface area contributed by atoms with Crippen molar-refractivity contribution in [3.8, 4) is 5.75 Å². The van der Waals surface area contributed by atoms with Crippen LogP contribution >= 0.6 is 0 Å². The highest BCUT2D eigenvalue weighted by molar-refractivity contribution is 5.95. The second kappa shape index (κ2) is 7.69. The molecule has 3 rings (SSSR count). The van der Waals surface area contributed by atoms with Crippen LogP contribution in [0.15, 0.2) is 57.7 Å². The zero-order valence-electron chi connectivity index (χ0n) is 14.4. The fourth-order valence-electron chi connectivity index (χ4n) is 2.64. The quantitative estimate of drug-likeness (QED) is 0.529. The van der Waals surface area contributed by atoms with Gasteiger partial charge in [0.25, 0.3) is 11.6 Å². The van der Waals surface area contributed by atoms with Gasteiger partial charge in [0.2, 0.25) is 0 Å². The van der Waals surface area contributed by atoms with E-state index in [2.05, 4.69) is 5.32 Å². The van der Waals surface area contributed by atoms with Crippen molar-refractivity contribution in [3.05, 3.63) is 80.4 Å². The number of nitrogens with zero attached hydrogens (tertiary/aromatic N) is 1. The van der Waals surface area contributed by atoms with E-state index >= 15 is 0 Å². The molecule has 0 atom stereocenters. The maximum absolute atomic E-state index is 12.3. The normalized spacial score (nSPS) is 10.6. The van der Waals surface area contributed by atoms with Crippen molar-refractivity contribution < 1.29 is 18.9 Å².